The Bertz CT molecular complexity index is 259. The molecule has 0 saturated heterocycles. The molecule has 2 heteroatoms. The Morgan fingerprint density at radius 2 is 1.69 bits per heavy atom. The zero-order chi connectivity index (χ0) is 11.6. The number of nitrogens with two attached hydrogens (primary N) is 1. The van der Waals surface area contributed by atoms with Gasteiger partial charge >= 0.3 is 0 Å². The maximum Gasteiger partial charge on any atom is 0.0379 e. The molecule has 0 fully saturated rings. The van der Waals surface area contributed by atoms with E-state index in [1.54, 1.807) is 0 Å². The quantitative estimate of drug-likeness (QED) is 0.413. The molecule has 1 aromatic rings. The summed E-state index contributed by atoms with van der Waals surface area (Å²) in [6.45, 7) is 4.10. The first-order chi connectivity index (χ1) is 7.83. The first-order valence-corrected chi connectivity index (χ1v) is 6.36. The number of nitrogens with zero attached hydrogens (tertiary/aromatic N) is 1. The van der Waals surface area contributed by atoms with Gasteiger partial charge in [0.2, 0.25) is 0 Å². The van der Waals surface area contributed by atoms with Crippen molar-refractivity contribution in [1.82, 2.24) is 5.01 Å². The van der Waals surface area contributed by atoms with Crippen molar-refractivity contribution < 1.29 is 0 Å². The number of hydrogen-bond acceptors (Lipinski definition) is 2. The molecule has 0 aliphatic heterocycles. The van der Waals surface area contributed by atoms with E-state index < -0.39 is 0 Å². The summed E-state index contributed by atoms with van der Waals surface area (Å²) in [5.74, 6) is 5.95. The van der Waals surface area contributed by atoms with E-state index in [9.17, 15) is 0 Å². The lowest BCUT2D eigenvalue weighted by molar-refractivity contribution is 0.267. The van der Waals surface area contributed by atoms with Crippen molar-refractivity contribution in [2.45, 2.75) is 45.6 Å². The van der Waals surface area contributed by atoms with Crippen LogP contribution in [0, 0.1) is 0 Å². The SMILES string of the molecule is CCCCCCCN(N)Cc1ccccc1. The minimum atomic E-state index is 0.856. The van der Waals surface area contributed by atoms with E-state index in [4.69, 9.17) is 5.84 Å². The number of hydrogen-bond donors (Lipinski definition) is 1. The van der Waals surface area contributed by atoms with Crippen LogP contribution in [-0.2, 0) is 6.54 Å². The highest BCUT2D eigenvalue weighted by Crippen LogP contribution is 2.05. The number of hydrazine groups is 1. The van der Waals surface area contributed by atoms with Crippen LogP contribution in [0.1, 0.15) is 44.6 Å². The van der Waals surface area contributed by atoms with Crippen molar-refractivity contribution in [1.29, 1.82) is 0 Å². The first-order valence-electron chi connectivity index (χ1n) is 6.36. The van der Waals surface area contributed by atoms with Crippen molar-refractivity contribution in [3.63, 3.8) is 0 Å². The van der Waals surface area contributed by atoms with Crippen molar-refractivity contribution >= 4 is 0 Å². The summed E-state index contributed by atoms with van der Waals surface area (Å²) in [6, 6.07) is 10.4. The number of rotatable bonds is 8. The molecule has 2 nitrogen and oxygen atoms in total. The molecule has 90 valence electrons. The van der Waals surface area contributed by atoms with Gasteiger partial charge in [0.25, 0.3) is 0 Å². The molecule has 0 bridgehead atoms. The summed E-state index contributed by atoms with van der Waals surface area (Å²) >= 11 is 0. The predicted molar refractivity (Wildman–Crippen MR) is 69.8 cm³/mol. The van der Waals surface area contributed by atoms with Gasteiger partial charge < -0.3 is 0 Å². The molecule has 1 aromatic carbocycles. The van der Waals surface area contributed by atoms with Crippen LogP contribution in [0.5, 0.6) is 0 Å². The van der Waals surface area contributed by atoms with Gasteiger partial charge in [-0.05, 0) is 12.0 Å². The summed E-state index contributed by atoms with van der Waals surface area (Å²) in [5.41, 5.74) is 1.29. The third-order valence-corrected chi connectivity index (χ3v) is 2.78. The molecule has 0 radical (unpaired) electrons. The van der Waals surface area contributed by atoms with Crippen LogP contribution in [0.2, 0.25) is 0 Å². The normalized spacial score (nSPS) is 10.9. The molecule has 0 heterocycles. The van der Waals surface area contributed by atoms with Gasteiger partial charge in [0.1, 0.15) is 0 Å². The fraction of sp³-hybridized carbons (Fsp3) is 0.571. The Morgan fingerprint density at radius 3 is 2.38 bits per heavy atom. The summed E-state index contributed by atoms with van der Waals surface area (Å²) in [4.78, 5) is 0. The third kappa shape index (κ3) is 5.89. The molecule has 0 amide bonds. The van der Waals surface area contributed by atoms with E-state index in [-0.39, 0.29) is 0 Å². The molecule has 0 atom stereocenters. The summed E-state index contributed by atoms with van der Waals surface area (Å²) in [6.07, 6.45) is 6.51. The van der Waals surface area contributed by atoms with E-state index in [1.165, 1.54) is 37.7 Å². The summed E-state index contributed by atoms with van der Waals surface area (Å²) in [5, 5.41) is 1.92. The Morgan fingerprint density at radius 1 is 1.00 bits per heavy atom. The molecule has 1 rings (SSSR count). The molecule has 0 unspecified atom stereocenters. The van der Waals surface area contributed by atoms with Crippen molar-refractivity contribution in [3.8, 4) is 0 Å². The first kappa shape index (κ1) is 13.2. The summed E-state index contributed by atoms with van der Waals surface area (Å²) < 4.78 is 0. The number of benzene rings is 1. The van der Waals surface area contributed by atoms with Crippen LogP contribution < -0.4 is 5.84 Å². The highest BCUT2D eigenvalue weighted by Gasteiger charge is 1.99. The van der Waals surface area contributed by atoms with Crippen molar-refractivity contribution in [2.24, 2.45) is 5.84 Å². The second-order valence-electron chi connectivity index (χ2n) is 4.37. The van der Waals surface area contributed by atoms with Gasteiger partial charge in [0, 0.05) is 13.1 Å². The van der Waals surface area contributed by atoms with E-state index in [2.05, 4.69) is 31.2 Å². The Balaban J connectivity index is 2.09. The topological polar surface area (TPSA) is 29.3 Å². The van der Waals surface area contributed by atoms with E-state index in [1.807, 2.05) is 11.1 Å². The highest BCUT2D eigenvalue weighted by molar-refractivity contribution is 5.14. The zero-order valence-corrected chi connectivity index (χ0v) is 10.4. The van der Waals surface area contributed by atoms with Gasteiger partial charge in [0.15, 0.2) is 0 Å². The molecule has 2 N–H and O–H groups in total. The van der Waals surface area contributed by atoms with Crippen LogP contribution in [0.3, 0.4) is 0 Å². The lowest BCUT2D eigenvalue weighted by atomic mass is 10.1. The molecule has 16 heavy (non-hydrogen) atoms. The van der Waals surface area contributed by atoms with Gasteiger partial charge in [-0.2, -0.15) is 0 Å². The average Bonchev–Trinajstić information content (AvgIpc) is 2.30. The summed E-state index contributed by atoms with van der Waals surface area (Å²) in [7, 11) is 0. The van der Waals surface area contributed by atoms with Crippen LogP contribution in [0.4, 0.5) is 0 Å². The average molecular weight is 220 g/mol. The number of unbranched alkanes of at least 4 members (excludes halogenated alkanes) is 4. The van der Waals surface area contributed by atoms with E-state index in [0.29, 0.717) is 0 Å². The second kappa shape index (κ2) is 8.31. The fourth-order valence-corrected chi connectivity index (χ4v) is 1.82. The molecule has 0 spiro atoms. The van der Waals surface area contributed by atoms with E-state index in [0.717, 1.165) is 13.1 Å². The molecule has 0 saturated carbocycles. The zero-order valence-electron chi connectivity index (χ0n) is 10.4. The Kier molecular flexibility index (Phi) is 6.86. The van der Waals surface area contributed by atoms with Gasteiger partial charge in [-0.15, -0.1) is 0 Å². The van der Waals surface area contributed by atoms with Gasteiger partial charge in [-0.3, -0.25) is 5.84 Å². The second-order valence-corrected chi connectivity index (χ2v) is 4.37. The standard InChI is InChI=1S/C14H24N2/c1-2-3-4-5-9-12-16(15)13-14-10-7-6-8-11-14/h6-8,10-11H,2-5,9,12-13,15H2,1H3. The monoisotopic (exact) mass is 220 g/mol. The largest absolute Gasteiger partial charge is 0.268 e. The van der Waals surface area contributed by atoms with Crippen LogP contribution >= 0.6 is 0 Å². The molecule has 0 aromatic heterocycles. The fourth-order valence-electron chi connectivity index (χ4n) is 1.82. The third-order valence-electron chi connectivity index (χ3n) is 2.78. The molecular formula is C14H24N2. The lowest BCUT2D eigenvalue weighted by Gasteiger charge is -2.16. The predicted octanol–water partition coefficient (Wildman–Crippen LogP) is 3.33. The molecule has 0 aliphatic carbocycles. The smallest absolute Gasteiger partial charge is 0.0379 e. The van der Waals surface area contributed by atoms with Crippen LogP contribution in [0.25, 0.3) is 0 Å². The van der Waals surface area contributed by atoms with Crippen molar-refractivity contribution in [3.05, 3.63) is 35.9 Å². The van der Waals surface area contributed by atoms with Gasteiger partial charge in [-0.1, -0.05) is 62.9 Å². The minimum absolute atomic E-state index is 0.856. The Hall–Kier alpha value is -0.860. The lowest BCUT2D eigenvalue weighted by Crippen LogP contribution is -2.31. The molecule has 0 aliphatic rings. The van der Waals surface area contributed by atoms with Gasteiger partial charge in [-0.25, -0.2) is 5.01 Å². The Labute approximate surface area is 99.4 Å². The van der Waals surface area contributed by atoms with Crippen LogP contribution in [-0.4, -0.2) is 11.6 Å². The maximum absolute atomic E-state index is 5.95. The minimum Gasteiger partial charge on any atom is -0.268 e. The highest BCUT2D eigenvalue weighted by atomic mass is 15.4. The maximum atomic E-state index is 5.95. The van der Waals surface area contributed by atoms with Crippen LogP contribution in [0.15, 0.2) is 30.3 Å². The molecular weight excluding hydrogens is 196 g/mol. The van der Waals surface area contributed by atoms with Gasteiger partial charge in [0.05, 0.1) is 0 Å². The van der Waals surface area contributed by atoms with E-state index >= 15 is 0 Å². The van der Waals surface area contributed by atoms with Crippen molar-refractivity contribution in [2.75, 3.05) is 6.54 Å².